The average molecular weight is 479 g/mol. The Morgan fingerprint density at radius 2 is 1.56 bits per heavy atom. The number of anilines is 2. The molecule has 3 aromatic rings. The molecule has 9 nitrogen and oxygen atoms in total. The van der Waals surface area contributed by atoms with Gasteiger partial charge in [-0.15, -0.1) is 0 Å². The van der Waals surface area contributed by atoms with Crippen LogP contribution in [0.5, 0.6) is 0 Å². The molecule has 1 fully saturated rings. The maximum absolute atomic E-state index is 12.8. The van der Waals surface area contributed by atoms with E-state index in [2.05, 4.69) is 15.3 Å². The molecule has 0 radical (unpaired) electrons. The van der Waals surface area contributed by atoms with Gasteiger partial charge in [0.05, 0.1) is 5.69 Å². The van der Waals surface area contributed by atoms with Gasteiger partial charge in [0.15, 0.2) is 0 Å². The van der Waals surface area contributed by atoms with Crippen LogP contribution in [-0.2, 0) is 9.59 Å². The molecule has 0 atom stereocenters. The lowest BCUT2D eigenvalue weighted by molar-refractivity contribution is -0.136. The van der Waals surface area contributed by atoms with Crippen molar-refractivity contribution in [2.75, 3.05) is 31.5 Å². The van der Waals surface area contributed by atoms with Gasteiger partial charge < -0.3 is 20.9 Å². The molecule has 0 bridgehead atoms. The van der Waals surface area contributed by atoms with E-state index in [0.29, 0.717) is 42.7 Å². The molecule has 1 aromatic heterocycles. The standard InChI is InChI=1S/C24H23ClN6O3/c25-18-5-1-16(2-6-18)20-9-10-27-24(29-20)28-19-7-3-17(4-8-19)23(34)31-13-11-30(12-14-31)22(33)15-21(26)32/h1-10H,11-15H2,(H2,26,32)(H,27,28,29). The molecule has 3 amide bonds. The highest BCUT2D eigenvalue weighted by Gasteiger charge is 2.25. The number of rotatable bonds is 6. The average Bonchev–Trinajstić information content (AvgIpc) is 2.84. The maximum atomic E-state index is 12.8. The number of amides is 3. The van der Waals surface area contributed by atoms with E-state index in [4.69, 9.17) is 17.3 Å². The summed E-state index contributed by atoms with van der Waals surface area (Å²) in [4.78, 5) is 47.8. The van der Waals surface area contributed by atoms with Crippen LogP contribution in [-0.4, -0.2) is 63.7 Å². The van der Waals surface area contributed by atoms with E-state index in [0.717, 1.165) is 16.9 Å². The molecule has 0 saturated carbocycles. The van der Waals surface area contributed by atoms with Crippen LogP contribution in [0.15, 0.2) is 60.8 Å². The summed E-state index contributed by atoms with van der Waals surface area (Å²) >= 11 is 5.95. The summed E-state index contributed by atoms with van der Waals surface area (Å²) in [6.45, 7) is 1.54. The van der Waals surface area contributed by atoms with Crippen molar-refractivity contribution in [2.24, 2.45) is 5.73 Å². The number of hydrogen-bond acceptors (Lipinski definition) is 6. The SMILES string of the molecule is NC(=O)CC(=O)N1CCN(C(=O)c2ccc(Nc3nccc(-c4ccc(Cl)cc4)n3)cc2)CC1. The Labute approximate surface area is 201 Å². The molecule has 1 saturated heterocycles. The first-order valence-corrected chi connectivity index (χ1v) is 11.1. The minimum atomic E-state index is -0.653. The predicted molar refractivity (Wildman–Crippen MR) is 128 cm³/mol. The lowest BCUT2D eigenvalue weighted by atomic mass is 10.1. The van der Waals surface area contributed by atoms with Crippen molar-refractivity contribution in [1.82, 2.24) is 19.8 Å². The summed E-state index contributed by atoms with van der Waals surface area (Å²) in [5.41, 5.74) is 8.05. The van der Waals surface area contributed by atoms with Gasteiger partial charge in [0.2, 0.25) is 17.8 Å². The molecule has 0 spiro atoms. The first-order valence-electron chi connectivity index (χ1n) is 10.7. The van der Waals surface area contributed by atoms with E-state index in [1.54, 1.807) is 52.4 Å². The smallest absolute Gasteiger partial charge is 0.253 e. The fourth-order valence-electron chi connectivity index (χ4n) is 3.63. The Morgan fingerprint density at radius 1 is 0.912 bits per heavy atom. The van der Waals surface area contributed by atoms with E-state index < -0.39 is 5.91 Å². The quantitative estimate of drug-likeness (QED) is 0.525. The van der Waals surface area contributed by atoms with Gasteiger partial charge in [-0.3, -0.25) is 14.4 Å². The van der Waals surface area contributed by atoms with Crippen molar-refractivity contribution in [3.63, 3.8) is 0 Å². The number of primary amides is 1. The van der Waals surface area contributed by atoms with Crippen molar-refractivity contribution in [1.29, 1.82) is 0 Å². The maximum Gasteiger partial charge on any atom is 0.253 e. The molecule has 4 rings (SSSR count). The zero-order valence-corrected chi connectivity index (χ0v) is 19.0. The number of halogens is 1. The molecule has 1 aliphatic heterocycles. The second-order valence-corrected chi connectivity index (χ2v) is 8.23. The van der Waals surface area contributed by atoms with Gasteiger partial charge in [-0.25, -0.2) is 9.97 Å². The number of nitrogens with two attached hydrogens (primary N) is 1. The van der Waals surface area contributed by atoms with E-state index in [9.17, 15) is 14.4 Å². The molecule has 2 heterocycles. The van der Waals surface area contributed by atoms with Gasteiger partial charge >= 0.3 is 0 Å². The van der Waals surface area contributed by atoms with Crippen LogP contribution in [0.3, 0.4) is 0 Å². The Morgan fingerprint density at radius 3 is 2.21 bits per heavy atom. The van der Waals surface area contributed by atoms with Crippen LogP contribution in [0.2, 0.25) is 5.02 Å². The fourth-order valence-corrected chi connectivity index (χ4v) is 3.75. The number of carbonyl (C=O) groups is 3. The monoisotopic (exact) mass is 478 g/mol. The van der Waals surface area contributed by atoms with Crippen LogP contribution in [0.25, 0.3) is 11.3 Å². The highest BCUT2D eigenvalue weighted by Crippen LogP contribution is 2.22. The van der Waals surface area contributed by atoms with E-state index in [1.165, 1.54) is 0 Å². The Kier molecular flexibility index (Phi) is 7.03. The summed E-state index contributed by atoms with van der Waals surface area (Å²) in [6, 6.07) is 16.3. The van der Waals surface area contributed by atoms with Gasteiger partial charge in [-0.05, 0) is 42.5 Å². The molecule has 10 heteroatoms. The zero-order chi connectivity index (χ0) is 24.1. The first-order chi connectivity index (χ1) is 16.4. The number of hydrogen-bond donors (Lipinski definition) is 2. The molecule has 3 N–H and O–H groups in total. The van der Waals surface area contributed by atoms with Crippen LogP contribution in [0.1, 0.15) is 16.8 Å². The van der Waals surface area contributed by atoms with Gasteiger partial charge in [0.25, 0.3) is 5.91 Å². The van der Waals surface area contributed by atoms with Crippen molar-refractivity contribution < 1.29 is 14.4 Å². The largest absolute Gasteiger partial charge is 0.369 e. The van der Waals surface area contributed by atoms with Gasteiger partial charge in [0.1, 0.15) is 6.42 Å². The van der Waals surface area contributed by atoms with E-state index >= 15 is 0 Å². The van der Waals surface area contributed by atoms with Crippen molar-refractivity contribution >= 4 is 41.0 Å². The summed E-state index contributed by atoms with van der Waals surface area (Å²) < 4.78 is 0. The molecule has 0 unspecified atom stereocenters. The van der Waals surface area contributed by atoms with Crippen molar-refractivity contribution in [3.8, 4) is 11.3 Å². The predicted octanol–water partition coefficient (Wildman–Crippen LogP) is 2.70. The highest BCUT2D eigenvalue weighted by atomic mass is 35.5. The summed E-state index contributed by atoms with van der Waals surface area (Å²) in [5, 5.41) is 3.81. The number of nitrogens with one attached hydrogen (secondary N) is 1. The van der Waals surface area contributed by atoms with Crippen LogP contribution in [0, 0.1) is 0 Å². The van der Waals surface area contributed by atoms with Crippen LogP contribution < -0.4 is 11.1 Å². The third-order valence-corrected chi connectivity index (χ3v) is 5.68. The molecule has 34 heavy (non-hydrogen) atoms. The van der Waals surface area contributed by atoms with Crippen LogP contribution >= 0.6 is 11.6 Å². The highest BCUT2D eigenvalue weighted by molar-refractivity contribution is 6.30. The van der Waals surface area contributed by atoms with Crippen molar-refractivity contribution in [2.45, 2.75) is 6.42 Å². The second-order valence-electron chi connectivity index (χ2n) is 7.79. The third kappa shape index (κ3) is 5.68. The second kappa shape index (κ2) is 10.3. The number of nitrogens with zero attached hydrogens (tertiary/aromatic N) is 4. The molecular weight excluding hydrogens is 456 g/mol. The normalized spacial score (nSPS) is 13.4. The molecule has 174 valence electrons. The summed E-state index contributed by atoms with van der Waals surface area (Å²) in [7, 11) is 0. The van der Waals surface area contributed by atoms with Crippen LogP contribution in [0.4, 0.5) is 11.6 Å². The Balaban J connectivity index is 1.36. The minimum absolute atomic E-state index is 0.116. The number of piperazine rings is 1. The molecule has 2 aromatic carbocycles. The van der Waals surface area contributed by atoms with Crippen molar-refractivity contribution in [3.05, 3.63) is 71.4 Å². The van der Waals surface area contributed by atoms with Gasteiger partial charge in [0, 0.05) is 54.2 Å². The first kappa shape index (κ1) is 23.2. The molecule has 1 aliphatic rings. The minimum Gasteiger partial charge on any atom is -0.369 e. The molecule has 0 aliphatic carbocycles. The topological polar surface area (TPSA) is 122 Å². The zero-order valence-electron chi connectivity index (χ0n) is 18.3. The Hall–Kier alpha value is -3.98. The number of benzene rings is 2. The van der Waals surface area contributed by atoms with E-state index in [-0.39, 0.29) is 18.2 Å². The lowest BCUT2D eigenvalue weighted by Gasteiger charge is -2.34. The van der Waals surface area contributed by atoms with E-state index in [1.807, 2.05) is 18.2 Å². The number of aromatic nitrogens is 2. The lowest BCUT2D eigenvalue weighted by Crippen LogP contribution is -2.51. The number of carbonyl (C=O) groups excluding carboxylic acids is 3. The fraction of sp³-hybridized carbons (Fsp3) is 0.208. The summed E-state index contributed by atoms with van der Waals surface area (Å²) in [6.07, 6.45) is 1.36. The Bertz CT molecular complexity index is 1190. The molecular formula is C24H23ClN6O3. The summed E-state index contributed by atoms with van der Waals surface area (Å²) in [5.74, 6) is -0.644. The van der Waals surface area contributed by atoms with Gasteiger partial charge in [-0.1, -0.05) is 23.7 Å². The van der Waals surface area contributed by atoms with Gasteiger partial charge in [-0.2, -0.15) is 0 Å². The third-order valence-electron chi connectivity index (χ3n) is 5.43.